The third-order valence-corrected chi connectivity index (χ3v) is 3.60. The van der Waals surface area contributed by atoms with Crippen molar-refractivity contribution in [1.29, 1.82) is 0 Å². The Morgan fingerprint density at radius 2 is 0.870 bits per heavy atom. The summed E-state index contributed by atoms with van der Waals surface area (Å²) >= 11 is 0. The fraction of sp³-hybridized carbons (Fsp3) is 0.455. The van der Waals surface area contributed by atoms with E-state index in [1.54, 1.807) is 0 Å². The van der Waals surface area contributed by atoms with Gasteiger partial charge in [-0.2, -0.15) is 35.4 Å². The van der Waals surface area contributed by atoms with Gasteiger partial charge in [0.2, 0.25) is 0 Å². The molecule has 0 nitrogen and oxygen atoms in total. The normalized spacial score (nSPS) is 8.78. The summed E-state index contributed by atoms with van der Waals surface area (Å²) in [6.45, 7) is 4.48. The zero-order chi connectivity index (χ0) is 14.5. The van der Waals surface area contributed by atoms with Crippen molar-refractivity contribution < 1.29 is 25.8 Å². The largest absolute Gasteiger partial charge is 4.00 e. The van der Waals surface area contributed by atoms with Crippen LogP contribution in [0.1, 0.15) is 63.5 Å². The van der Waals surface area contributed by atoms with Crippen LogP contribution in [-0.2, 0) is 38.7 Å². The molecule has 0 amide bonds. The molecule has 0 aromatic heterocycles. The van der Waals surface area contributed by atoms with E-state index >= 15 is 0 Å². The predicted octanol–water partition coefficient (Wildman–Crippen LogP) is 7.17. The van der Waals surface area contributed by atoms with Gasteiger partial charge in [0.15, 0.2) is 0 Å². The van der Waals surface area contributed by atoms with Crippen LogP contribution in [0, 0.1) is 14.9 Å². The van der Waals surface area contributed by atoms with Gasteiger partial charge in [-0.1, -0.05) is 65.2 Å². The van der Waals surface area contributed by atoms with E-state index in [9.17, 15) is 0 Å². The summed E-state index contributed by atoms with van der Waals surface area (Å²) in [5.41, 5.74) is 2.99. The molecule has 0 N–H and O–H groups in total. The Balaban J connectivity index is -0.000000308. The maximum atomic E-state index is 2.24. The second kappa shape index (κ2) is 19.6. The third kappa shape index (κ3) is 14.9. The summed E-state index contributed by atoms with van der Waals surface area (Å²) in [5, 5.41) is 0. The van der Waals surface area contributed by atoms with Crippen molar-refractivity contribution in [1.82, 2.24) is 0 Å². The van der Waals surface area contributed by atoms with Gasteiger partial charge in [0.05, 0.1) is 0 Å². The van der Waals surface area contributed by atoms with Crippen molar-refractivity contribution in [2.75, 3.05) is 0 Å². The molecule has 0 saturated carbocycles. The molecule has 0 aliphatic carbocycles. The Morgan fingerprint density at radius 1 is 0.565 bits per heavy atom. The summed E-state index contributed by atoms with van der Waals surface area (Å²) in [6, 6.07) is 17.3. The average Bonchev–Trinajstić information content (AvgIpc) is 3.13. The van der Waals surface area contributed by atoms with Crippen LogP contribution in [0.15, 0.2) is 48.5 Å². The molecule has 0 saturated heterocycles. The second-order valence-corrected chi connectivity index (χ2v) is 5.50. The Hall–Kier alpha value is -0.430. The van der Waals surface area contributed by atoms with Gasteiger partial charge < -0.3 is 14.9 Å². The number of unbranched alkanes of at least 4 members (excludes halogenated alkanes) is 4. The molecule has 2 aromatic carbocycles. The minimum absolute atomic E-state index is 0. The van der Waals surface area contributed by atoms with Gasteiger partial charge >= 0.3 is 25.8 Å². The smallest absolute Gasteiger partial charge is 0.358 e. The van der Waals surface area contributed by atoms with Crippen LogP contribution in [0.4, 0.5) is 0 Å². The second-order valence-electron chi connectivity index (χ2n) is 5.50. The third-order valence-electron chi connectivity index (χ3n) is 3.60. The molecular formula is C22H36Hf. The first-order valence-electron chi connectivity index (χ1n) is 8.28. The molecule has 0 aliphatic rings. The standard InChI is InChI=1S/2C10H15.2CH3.Hf/c2*1-2-3-4-7-10-8-5-6-9-10;;;/h2*5-6,8-9H,2-4,7H2,1H3;2*1H3;/q4*-1;+4. The number of hydrogen-bond acceptors (Lipinski definition) is 0. The first-order valence-corrected chi connectivity index (χ1v) is 8.28. The molecule has 1 heteroatoms. The average molecular weight is 479 g/mol. The van der Waals surface area contributed by atoms with Crippen molar-refractivity contribution in [3.63, 3.8) is 0 Å². The van der Waals surface area contributed by atoms with Crippen molar-refractivity contribution in [3.05, 3.63) is 74.5 Å². The molecule has 2 aromatic rings. The Kier molecular flexibility index (Phi) is 23.4. The fourth-order valence-electron chi connectivity index (χ4n) is 2.32. The minimum atomic E-state index is 0. The van der Waals surface area contributed by atoms with E-state index in [4.69, 9.17) is 0 Å². The van der Waals surface area contributed by atoms with Crippen LogP contribution < -0.4 is 0 Å². The van der Waals surface area contributed by atoms with E-state index in [0.29, 0.717) is 0 Å². The minimum Gasteiger partial charge on any atom is -0.358 e. The molecule has 0 unspecified atom stereocenters. The first kappa shape index (κ1) is 27.4. The Morgan fingerprint density at radius 3 is 1.13 bits per heavy atom. The molecule has 0 aliphatic heterocycles. The fourth-order valence-corrected chi connectivity index (χ4v) is 2.32. The molecule has 2 rings (SSSR count). The quantitative estimate of drug-likeness (QED) is 0.214. The maximum absolute atomic E-state index is 2.24. The van der Waals surface area contributed by atoms with Gasteiger partial charge in [-0.25, -0.2) is 24.3 Å². The van der Waals surface area contributed by atoms with Gasteiger partial charge in [0, 0.05) is 0 Å². The Labute approximate surface area is 165 Å². The summed E-state index contributed by atoms with van der Waals surface area (Å²) in [4.78, 5) is 0. The number of aryl methyl sites for hydroxylation is 2. The van der Waals surface area contributed by atoms with Crippen LogP contribution in [-0.4, -0.2) is 0 Å². The van der Waals surface area contributed by atoms with Gasteiger partial charge in [0.1, 0.15) is 0 Å². The van der Waals surface area contributed by atoms with Crippen LogP contribution >= 0.6 is 0 Å². The first-order chi connectivity index (χ1) is 9.86. The van der Waals surface area contributed by atoms with E-state index in [2.05, 4.69) is 62.4 Å². The molecule has 0 atom stereocenters. The van der Waals surface area contributed by atoms with Crippen molar-refractivity contribution in [2.45, 2.75) is 65.2 Å². The summed E-state index contributed by atoms with van der Waals surface area (Å²) in [7, 11) is 0. The monoisotopic (exact) mass is 480 g/mol. The van der Waals surface area contributed by atoms with Gasteiger partial charge in [-0.05, 0) is 0 Å². The molecule has 23 heavy (non-hydrogen) atoms. The van der Waals surface area contributed by atoms with E-state index in [1.165, 1.54) is 62.5 Å². The molecule has 0 spiro atoms. The van der Waals surface area contributed by atoms with Crippen molar-refractivity contribution >= 4 is 0 Å². The number of hydrogen-bond donors (Lipinski definition) is 0. The van der Waals surface area contributed by atoms with E-state index in [1.807, 2.05) is 0 Å². The maximum Gasteiger partial charge on any atom is 4.00 e. The summed E-state index contributed by atoms with van der Waals surface area (Å²) in [5.74, 6) is 0. The Bertz CT molecular complexity index is 343. The number of rotatable bonds is 8. The summed E-state index contributed by atoms with van der Waals surface area (Å²) < 4.78 is 0. The van der Waals surface area contributed by atoms with Crippen LogP contribution in [0.2, 0.25) is 0 Å². The zero-order valence-electron chi connectivity index (χ0n) is 15.8. The topological polar surface area (TPSA) is 0 Å². The SMILES string of the molecule is CCCCC[c-]1cccc1.CCCCC[c-]1cccc1.[CH3-].[CH3-].[Hf+4]. The molecule has 0 fully saturated rings. The van der Waals surface area contributed by atoms with Crippen LogP contribution in [0.5, 0.6) is 0 Å². The van der Waals surface area contributed by atoms with Gasteiger partial charge in [-0.3, -0.25) is 0 Å². The molecular weight excluding hydrogens is 443 g/mol. The van der Waals surface area contributed by atoms with Gasteiger partial charge in [0.25, 0.3) is 0 Å². The van der Waals surface area contributed by atoms with Crippen LogP contribution in [0.3, 0.4) is 0 Å². The van der Waals surface area contributed by atoms with Crippen LogP contribution in [0.25, 0.3) is 0 Å². The predicted molar refractivity (Wildman–Crippen MR) is 103 cm³/mol. The summed E-state index contributed by atoms with van der Waals surface area (Å²) in [6.07, 6.45) is 10.6. The molecule has 0 radical (unpaired) electrons. The molecule has 0 heterocycles. The zero-order valence-corrected chi connectivity index (χ0v) is 19.4. The van der Waals surface area contributed by atoms with Gasteiger partial charge in [-0.15, -0.1) is 0 Å². The van der Waals surface area contributed by atoms with Crippen molar-refractivity contribution in [3.8, 4) is 0 Å². The van der Waals surface area contributed by atoms with E-state index in [0.717, 1.165) is 0 Å². The van der Waals surface area contributed by atoms with E-state index < -0.39 is 0 Å². The molecule has 128 valence electrons. The van der Waals surface area contributed by atoms with Crippen molar-refractivity contribution in [2.24, 2.45) is 0 Å². The van der Waals surface area contributed by atoms with E-state index in [-0.39, 0.29) is 40.7 Å². The molecule has 0 bridgehead atoms.